The number of primary amides is 1. The number of aromatic carboxylic acids is 1. The molecule has 1 aromatic carbocycles. The number of carboxylic acid groups (broad SMARTS) is 1. The highest BCUT2D eigenvalue weighted by Crippen LogP contribution is 2.23. The van der Waals surface area contributed by atoms with Crippen molar-refractivity contribution in [2.24, 2.45) is 5.73 Å². The molecule has 0 unspecified atom stereocenters. The number of sulfonamides is 1. The zero-order chi connectivity index (χ0) is 15.5. The summed E-state index contributed by atoms with van der Waals surface area (Å²) in [7, 11) is -4.06. The zero-order valence-corrected chi connectivity index (χ0v) is 11.4. The third-order valence-corrected chi connectivity index (χ3v) is 4.44. The molecule has 0 aliphatic carbocycles. The summed E-state index contributed by atoms with van der Waals surface area (Å²) in [6.07, 6.45) is 0. The fourth-order valence-electron chi connectivity index (χ4n) is 1.54. The Bertz CT molecular complexity index is 640. The van der Waals surface area contributed by atoms with Crippen LogP contribution in [0.15, 0.2) is 23.1 Å². The average molecular weight is 302 g/mol. The fraction of sp³-hybridized carbons (Fsp3) is 0.273. The van der Waals surface area contributed by atoms with Crippen molar-refractivity contribution in [3.63, 3.8) is 0 Å². The molecule has 20 heavy (non-hydrogen) atoms. The fourth-order valence-corrected chi connectivity index (χ4v) is 2.98. The molecule has 0 atom stereocenters. The van der Waals surface area contributed by atoms with E-state index in [1.54, 1.807) is 0 Å². The van der Waals surface area contributed by atoms with Crippen LogP contribution in [0.3, 0.4) is 0 Å². The van der Waals surface area contributed by atoms with Gasteiger partial charge in [-0.05, 0) is 18.2 Å². The Kier molecular flexibility index (Phi) is 4.69. The Morgan fingerprint density at radius 3 is 2.40 bits per heavy atom. The van der Waals surface area contributed by atoms with E-state index in [0.717, 1.165) is 22.5 Å². The molecule has 0 heterocycles. The molecule has 0 fully saturated rings. The number of carboxylic acids is 1. The summed E-state index contributed by atoms with van der Waals surface area (Å²) < 4.78 is 25.3. The van der Waals surface area contributed by atoms with Gasteiger partial charge in [0, 0.05) is 6.54 Å². The Morgan fingerprint density at radius 1 is 1.35 bits per heavy atom. The van der Waals surface area contributed by atoms with E-state index < -0.39 is 39.8 Å². The highest BCUT2D eigenvalue weighted by atomic mass is 32.2. The minimum absolute atomic E-state index is 0.00540. The molecule has 1 aromatic rings. The van der Waals surface area contributed by atoms with E-state index in [9.17, 15) is 23.1 Å². The summed E-state index contributed by atoms with van der Waals surface area (Å²) in [5, 5.41) is 18.2. The lowest BCUT2D eigenvalue weighted by Gasteiger charge is -2.19. The number of carbonyl (C=O) groups excluding carboxylic acids is 1. The summed E-state index contributed by atoms with van der Waals surface area (Å²) in [6.45, 7) is 0.996. The maximum Gasteiger partial charge on any atom is 0.339 e. The minimum Gasteiger partial charge on any atom is -0.507 e. The SMILES string of the molecule is CCN(CC(N)=O)S(=O)(=O)c1ccc(O)c(C(=O)O)c1. The van der Waals surface area contributed by atoms with Crippen molar-refractivity contribution in [3.05, 3.63) is 23.8 Å². The number of likely N-dealkylation sites (N-methyl/N-ethyl adjacent to an activating group) is 1. The van der Waals surface area contributed by atoms with Crippen molar-refractivity contribution in [1.29, 1.82) is 0 Å². The second-order valence-electron chi connectivity index (χ2n) is 3.88. The largest absolute Gasteiger partial charge is 0.507 e. The summed E-state index contributed by atoms with van der Waals surface area (Å²) in [6, 6.07) is 2.85. The zero-order valence-electron chi connectivity index (χ0n) is 10.6. The van der Waals surface area contributed by atoms with Gasteiger partial charge in [0.2, 0.25) is 15.9 Å². The highest BCUT2D eigenvalue weighted by molar-refractivity contribution is 7.89. The van der Waals surface area contributed by atoms with Crippen molar-refractivity contribution >= 4 is 21.9 Å². The van der Waals surface area contributed by atoms with Gasteiger partial charge < -0.3 is 15.9 Å². The van der Waals surface area contributed by atoms with E-state index in [4.69, 9.17) is 10.8 Å². The molecule has 1 rings (SSSR count). The number of aromatic hydroxyl groups is 1. The first-order chi connectivity index (χ1) is 9.20. The van der Waals surface area contributed by atoms with E-state index in [1.807, 2.05) is 0 Å². The predicted molar refractivity (Wildman–Crippen MR) is 68.7 cm³/mol. The smallest absolute Gasteiger partial charge is 0.339 e. The summed E-state index contributed by atoms with van der Waals surface area (Å²) >= 11 is 0. The van der Waals surface area contributed by atoms with Gasteiger partial charge in [-0.3, -0.25) is 4.79 Å². The molecule has 0 aromatic heterocycles. The van der Waals surface area contributed by atoms with Gasteiger partial charge in [-0.25, -0.2) is 13.2 Å². The van der Waals surface area contributed by atoms with Gasteiger partial charge in [-0.15, -0.1) is 0 Å². The van der Waals surface area contributed by atoms with E-state index in [-0.39, 0.29) is 11.4 Å². The maximum atomic E-state index is 12.2. The molecule has 9 heteroatoms. The third kappa shape index (κ3) is 3.25. The Labute approximate surface area is 115 Å². The van der Waals surface area contributed by atoms with Gasteiger partial charge in [-0.2, -0.15) is 4.31 Å². The molecule has 0 aliphatic heterocycles. The molecule has 0 radical (unpaired) electrons. The molecule has 8 nitrogen and oxygen atoms in total. The molecular formula is C11H14N2O6S. The van der Waals surface area contributed by atoms with Gasteiger partial charge >= 0.3 is 5.97 Å². The van der Waals surface area contributed by atoms with Crippen LogP contribution in [0.25, 0.3) is 0 Å². The molecule has 1 amide bonds. The highest BCUT2D eigenvalue weighted by Gasteiger charge is 2.26. The van der Waals surface area contributed by atoms with Crippen LogP contribution in [-0.2, 0) is 14.8 Å². The minimum atomic E-state index is -4.06. The number of amides is 1. The number of phenols is 1. The van der Waals surface area contributed by atoms with Crippen LogP contribution in [0.5, 0.6) is 5.75 Å². The van der Waals surface area contributed by atoms with Crippen LogP contribution < -0.4 is 5.73 Å². The standard InChI is InChI=1S/C11H14N2O6S/c1-2-13(6-10(12)15)20(18,19)7-3-4-9(14)8(5-7)11(16)17/h3-5,14H,2,6H2,1H3,(H2,12,15)(H,16,17). The van der Waals surface area contributed by atoms with Gasteiger partial charge in [-0.1, -0.05) is 6.92 Å². The molecule has 110 valence electrons. The van der Waals surface area contributed by atoms with Crippen LogP contribution in [-0.4, -0.2) is 47.9 Å². The van der Waals surface area contributed by atoms with Gasteiger partial charge in [0.1, 0.15) is 11.3 Å². The van der Waals surface area contributed by atoms with Crippen LogP contribution in [0.1, 0.15) is 17.3 Å². The molecule has 0 spiro atoms. The lowest BCUT2D eigenvalue weighted by Crippen LogP contribution is -2.38. The predicted octanol–water partition coefficient (Wildman–Crippen LogP) is -0.414. The van der Waals surface area contributed by atoms with Crippen LogP contribution in [0.4, 0.5) is 0 Å². The molecule has 0 aliphatic rings. The van der Waals surface area contributed by atoms with Gasteiger partial charge in [0.15, 0.2) is 0 Å². The van der Waals surface area contributed by atoms with E-state index in [0.29, 0.717) is 0 Å². The van der Waals surface area contributed by atoms with Gasteiger partial charge in [0.25, 0.3) is 0 Å². The Hall–Kier alpha value is -2.13. The van der Waals surface area contributed by atoms with Crippen molar-refractivity contribution in [1.82, 2.24) is 4.31 Å². The number of rotatable bonds is 6. The summed E-state index contributed by atoms with van der Waals surface area (Å²) in [5.74, 6) is -2.83. The number of hydrogen-bond donors (Lipinski definition) is 3. The second-order valence-corrected chi connectivity index (χ2v) is 5.82. The van der Waals surface area contributed by atoms with Crippen molar-refractivity contribution in [2.45, 2.75) is 11.8 Å². The number of hydrogen-bond acceptors (Lipinski definition) is 5. The monoisotopic (exact) mass is 302 g/mol. The van der Waals surface area contributed by atoms with Crippen LogP contribution in [0.2, 0.25) is 0 Å². The van der Waals surface area contributed by atoms with Crippen molar-refractivity contribution in [2.75, 3.05) is 13.1 Å². The van der Waals surface area contributed by atoms with Gasteiger partial charge in [0.05, 0.1) is 11.4 Å². The lowest BCUT2D eigenvalue weighted by molar-refractivity contribution is -0.118. The average Bonchev–Trinajstić information content (AvgIpc) is 2.35. The van der Waals surface area contributed by atoms with Crippen molar-refractivity contribution < 1.29 is 28.2 Å². The lowest BCUT2D eigenvalue weighted by atomic mass is 10.2. The topological polar surface area (TPSA) is 138 Å². The molecular weight excluding hydrogens is 288 g/mol. The third-order valence-electron chi connectivity index (χ3n) is 2.52. The Balaban J connectivity index is 3.31. The van der Waals surface area contributed by atoms with Crippen LogP contribution >= 0.6 is 0 Å². The number of carbonyl (C=O) groups is 2. The van der Waals surface area contributed by atoms with Crippen molar-refractivity contribution in [3.8, 4) is 5.75 Å². The normalized spacial score (nSPS) is 11.5. The molecule has 0 bridgehead atoms. The first kappa shape index (κ1) is 15.9. The quantitative estimate of drug-likeness (QED) is 0.652. The molecule has 0 saturated heterocycles. The van der Waals surface area contributed by atoms with E-state index >= 15 is 0 Å². The molecule has 4 N–H and O–H groups in total. The number of nitrogens with zero attached hydrogens (tertiary/aromatic N) is 1. The van der Waals surface area contributed by atoms with Crippen LogP contribution in [0, 0.1) is 0 Å². The Morgan fingerprint density at radius 2 is 1.95 bits per heavy atom. The van der Waals surface area contributed by atoms with E-state index in [1.165, 1.54) is 6.92 Å². The maximum absolute atomic E-state index is 12.2. The number of nitrogens with two attached hydrogens (primary N) is 1. The number of benzene rings is 1. The summed E-state index contributed by atoms with van der Waals surface area (Å²) in [5.41, 5.74) is 4.43. The summed E-state index contributed by atoms with van der Waals surface area (Å²) in [4.78, 5) is 21.4. The van der Waals surface area contributed by atoms with E-state index in [2.05, 4.69) is 0 Å². The second kappa shape index (κ2) is 5.88. The first-order valence-corrected chi connectivity index (χ1v) is 6.99. The molecule has 0 saturated carbocycles. The first-order valence-electron chi connectivity index (χ1n) is 5.55.